The van der Waals surface area contributed by atoms with Gasteiger partial charge in [0.1, 0.15) is 0 Å². The molecule has 1 fully saturated rings. The summed E-state index contributed by atoms with van der Waals surface area (Å²) in [4.78, 5) is 37.5. The quantitative estimate of drug-likeness (QED) is 0.689. The van der Waals surface area contributed by atoms with Crippen LogP contribution in [0.5, 0.6) is 0 Å². The number of carboxylic acid groups (broad SMARTS) is 2. The summed E-state index contributed by atoms with van der Waals surface area (Å²) in [5, 5.41) is 18.9. The molecule has 8 nitrogen and oxygen atoms in total. The minimum atomic E-state index is -1.82. The number of likely N-dealkylation sites (tertiary alicyclic amines) is 1. The normalized spacial score (nSPS) is 13.6. The van der Waals surface area contributed by atoms with Crippen molar-refractivity contribution in [3.8, 4) is 0 Å². The lowest BCUT2D eigenvalue weighted by molar-refractivity contribution is -0.159. The monoisotopic (exact) mass is 387 g/mol. The van der Waals surface area contributed by atoms with Crippen LogP contribution in [0.1, 0.15) is 31.0 Å². The Kier molecular flexibility index (Phi) is 7.45. The lowest BCUT2D eigenvalue weighted by Gasteiger charge is -2.17. The van der Waals surface area contributed by atoms with Gasteiger partial charge in [0, 0.05) is 11.1 Å². The van der Waals surface area contributed by atoms with Gasteiger partial charge < -0.3 is 15.5 Å². The maximum absolute atomic E-state index is 12.4. The number of para-hydroxylation sites is 1. The van der Waals surface area contributed by atoms with E-state index in [9.17, 15) is 4.79 Å². The first-order chi connectivity index (χ1) is 13.3. The van der Waals surface area contributed by atoms with Crippen molar-refractivity contribution in [2.45, 2.75) is 33.1 Å². The Bertz CT molecular complexity index is 864. The van der Waals surface area contributed by atoms with E-state index in [1.165, 1.54) is 12.8 Å². The summed E-state index contributed by atoms with van der Waals surface area (Å²) in [7, 11) is 0. The topological polar surface area (TPSA) is 120 Å². The fourth-order valence-corrected chi connectivity index (χ4v) is 3.19. The Hall–Kier alpha value is -3.00. The van der Waals surface area contributed by atoms with Crippen molar-refractivity contribution in [1.29, 1.82) is 0 Å². The summed E-state index contributed by atoms with van der Waals surface area (Å²) >= 11 is 0. The lowest BCUT2D eigenvalue weighted by Crippen LogP contribution is -2.31. The fraction of sp³-hybridized carbons (Fsp3) is 0.400. The van der Waals surface area contributed by atoms with Gasteiger partial charge in [-0.15, -0.1) is 0 Å². The van der Waals surface area contributed by atoms with Crippen LogP contribution in [0.15, 0.2) is 24.3 Å². The highest BCUT2D eigenvalue weighted by atomic mass is 16.4. The molecule has 8 heteroatoms. The van der Waals surface area contributed by atoms with E-state index in [1.54, 1.807) is 0 Å². The van der Waals surface area contributed by atoms with Gasteiger partial charge in [0.2, 0.25) is 5.91 Å². The lowest BCUT2D eigenvalue weighted by atomic mass is 10.1. The SMILES string of the molecule is CCc1nc2ccccc2c(NC(=O)CN2CCCC2)c1C.O=C(O)C(=O)O. The van der Waals surface area contributed by atoms with Crippen LogP contribution in [-0.4, -0.2) is 57.6 Å². The van der Waals surface area contributed by atoms with Crippen molar-refractivity contribution in [3.05, 3.63) is 35.5 Å². The highest BCUT2D eigenvalue weighted by molar-refractivity contribution is 6.27. The van der Waals surface area contributed by atoms with Crippen LogP contribution in [0.25, 0.3) is 10.9 Å². The first kappa shape index (κ1) is 21.3. The summed E-state index contributed by atoms with van der Waals surface area (Å²) in [5.41, 5.74) is 4.00. The number of aliphatic carboxylic acids is 2. The van der Waals surface area contributed by atoms with E-state index < -0.39 is 11.9 Å². The van der Waals surface area contributed by atoms with Gasteiger partial charge in [-0.2, -0.15) is 0 Å². The predicted octanol–water partition coefficient (Wildman–Crippen LogP) is 2.30. The van der Waals surface area contributed by atoms with E-state index in [-0.39, 0.29) is 5.91 Å². The van der Waals surface area contributed by atoms with Crippen LogP contribution in [0, 0.1) is 6.92 Å². The molecular formula is C20H25N3O5. The summed E-state index contributed by atoms with van der Waals surface area (Å²) < 4.78 is 0. The standard InChI is InChI=1S/C18H23N3O.C2H2O4/c1-3-15-13(2)18(14-8-4-5-9-16(14)19-15)20-17(22)12-21-10-6-7-11-21;3-1(4)2(5)6/h4-5,8-9H,3,6-7,10-12H2,1-2H3,(H,19,20,22);(H,3,4)(H,5,6). The van der Waals surface area contributed by atoms with Gasteiger partial charge in [-0.05, 0) is 50.9 Å². The molecule has 0 bridgehead atoms. The van der Waals surface area contributed by atoms with Gasteiger partial charge in [-0.3, -0.25) is 14.7 Å². The number of fused-ring (bicyclic) bond motifs is 1. The van der Waals surface area contributed by atoms with Gasteiger partial charge in [0.05, 0.1) is 17.7 Å². The summed E-state index contributed by atoms with van der Waals surface area (Å²) in [5.74, 6) is -3.58. The number of aromatic nitrogens is 1. The van der Waals surface area contributed by atoms with E-state index >= 15 is 0 Å². The van der Waals surface area contributed by atoms with Crippen LogP contribution >= 0.6 is 0 Å². The highest BCUT2D eigenvalue weighted by Gasteiger charge is 2.17. The second-order valence-corrected chi connectivity index (χ2v) is 6.57. The number of carbonyl (C=O) groups excluding carboxylic acids is 1. The maximum atomic E-state index is 12.4. The second-order valence-electron chi connectivity index (χ2n) is 6.57. The van der Waals surface area contributed by atoms with E-state index in [0.29, 0.717) is 6.54 Å². The molecule has 0 aliphatic carbocycles. The largest absolute Gasteiger partial charge is 0.473 e. The maximum Gasteiger partial charge on any atom is 0.414 e. The van der Waals surface area contributed by atoms with Crippen molar-refractivity contribution in [1.82, 2.24) is 9.88 Å². The molecule has 0 radical (unpaired) electrons. The number of amides is 1. The molecule has 2 heterocycles. The molecule has 1 aliphatic heterocycles. The molecule has 150 valence electrons. The molecule has 1 aliphatic rings. The van der Waals surface area contributed by atoms with Crippen LogP contribution in [0.2, 0.25) is 0 Å². The zero-order valence-corrected chi connectivity index (χ0v) is 16.1. The number of rotatable bonds is 4. The number of nitrogens with zero attached hydrogens (tertiary/aromatic N) is 2. The van der Waals surface area contributed by atoms with E-state index in [4.69, 9.17) is 24.8 Å². The molecule has 0 saturated carbocycles. The van der Waals surface area contributed by atoms with Crippen molar-refractivity contribution in [2.24, 2.45) is 0 Å². The van der Waals surface area contributed by atoms with Gasteiger partial charge in [0.15, 0.2) is 0 Å². The molecular weight excluding hydrogens is 362 g/mol. The van der Waals surface area contributed by atoms with Crippen molar-refractivity contribution in [3.63, 3.8) is 0 Å². The average molecular weight is 387 g/mol. The first-order valence-corrected chi connectivity index (χ1v) is 9.20. The molecule has 0 spiro atoms. The smallest absolute Gasteiger partial charge is 0.414 e. The minimum Gasteiger partial charge on any atom is -0.473 e. The molecule has 28 heavy (non-hydrogen) atoms. The number of carbonyl (C=O) groups is 3. The Morgan fingerprint density at radius 1 is 1.11 bits per heavy atom. The number of hydrogen-bond donors (Lipinski definition) is 3. The van der Waals surface area contributed by atoms with Crippen molar-refractivity contribution in [2.75, 3.05) is 25.0 Å². The Morgan fingerprint density at radius 3 is 2.29 bits per heavy atom. The fourth-order valence-electron chi connectivity index (χ4n) is 3.19. The molecule has 0 atom stereocenters. The van der Waals surface area contributed by atoms with Crippen LogP contribution in [0.3, 0.4) is 0 Å². The number of anilines is 1. The van der Waals surface area contributed by atoms with Crippen molar-refractivity contribution >= 4 is 34.4 Å². The van der Waals surface area contributed by atoms with Crippen LogP contribution in [-0.2, 0) is 20.8 Å². The zero-order valence-electron chi connectivity index (χ0n) is 16.1. The summed E-state index contributed by atoms with van der Waals surface area (Å²) in [6.45, 7) is 6.69. The second kappa shape index (κ2) is 9.80. The van der Waals surface area contributed by atoms with Gasteiger partial charge in [-0.1, -0.05) is 25.1 Å². The number of nitrogens with one attached hydrogen (secondary N) is 1. The van der Waals surface area contributed by atoms with E-state index in [0.717, 1.165) is 47.4 Å². The third kappa shape index (κ3) is 5.50. The third-order valence-electron chi connectivity index (χ3n) is 4.58. The van der Waals surface area contributed by atoms with E-state index in [2.05, 4.69) is 17.1 Å². The molecule has 1 aromatic heterocycles. The molecule has 1 saturated heterocycles. The Balaban J connectivity index is 0.000000409. The Labute approximate surface area is 163 Å². The summed E-state index contributed by atoms with van der Waals surface area (Å²) in [6, 6.07) is 8.01. The van der Waals surface area contributed by atoms with Gasteiger partial charge >= 0.3 is 11.9 Å². The number of benzene rings is 1. The number of hydrogen-bond acceptors (Lipinski definition) is 5. The first-order valence-electron chi connectivity index (χ1n) is 9.20. The van der Waals surface area contributed by atoms with Crippen LogP contribution in [0.4, 0.5) is 5.69 Å². The summed E-state index contributed by atoms with van der Waals surface area (Å²) in [6.07, 6.45) is 3.26. The van der Waals surface area contributed by atoms with Gasteiger partial charge in [-0.25, -0.2) is 9.59 Å². The number of aryl methyl sites for hydroxylation is 1. The highest BCUT2D eigenvalue weighted by Crippen LogP contribution is 2.28. The average Bonchev–Trinajstić information content (AvgIpc) is 3.17. The number of pyridine rings is 1. The molecule has 1 amide bonds. The Morgan fingerprint density at radius 2 is 1.71 bits per heavy atom. The number of carboxylic acids is 2. The molecule has 1 aromatic carbocycles. The molecule has 3 rings (SSSR count). The molecule has 2 aromatic rings. The van der Waals surface area contributed by atoms with Crippen LogP contribution < -0.4 is 5.32 Å². The predicted molar refractivity (Wildman–Crippen MR) is 105 cm³/mol. The van der Waals surface area contributed by atoms with Gasteiger partial charge in [0.25, 0.3) is 0 Å². The minimum absolute atomic E-state index is 0.0726. The molecule has 0 unspecified atom stereocenters. The van der Waals surface area contributed by atoms with E-state index in [1.807, 2.05) is 31.2 Å². The molecule has 3 N–H and O–H groups in total. The van der Waals surface area contributed by atoms with Crippen molar-refractivity contribution < 1.29 is 24.6 Å². The third-order valence-corrected chi connectivity index (χ3v) is 4.58. The zero-order chi connectivity index (χ0) is 20.7.